The second-order valence-electron chi connectivity index (χ2n) is 2.09. The summed E-state index contributed by atoms with van der Waals surface area (Å²) in [6, 6.07) is 1.16. The summed E-state index contributed by atoms with van der Waals surface area (Å²) in [7, 11) is 6.46. The molecule has 0 saturated carbocycles. The van der Waals surface area contributed by atoms with Gasteiger partial charge in [0.15, 0.2) is 0 Å². The van der Waals surface area contributed by atoms with Gasteiger partial charge in [-0.2, -0.15) is 0 Å². The summed E-state index contributed by atoms with van der Waals surface area (Å²) in [6.45, 7) is 0. The number of rotatable bonds is 1. The number of nitrogens with two attached hydrogens (primary N) is 1. The van der Waals surface area contributed by atoms with Gasteiger partial charge in [0, 0.05) is 16.9 Å². The quantitative estimate of drug-likeness (QED) is 0.487. The van der Waals surface area contributed by atoms with Crippen molar-refractivity contribution in [3.63, 3.8) is 0 Å². The summed E-state index contributed by atoms with van der Waals surface area (Å²) in [5.41, 5.74) is 5.44. The maximum absolute atomic E-state index is 10.8. The highest BCUT2D eigenvalue weighted by atomic mass is 35.7. The first-order chi connectivity index (χ1) is 5.41. The van der Waals surface area contributed by atoms with E-state index in [0.29, 0.717) is 0 Å². The lowest BCUT2D eigenvalue weighted by Crippen LogP contribution is -2.10. The van der Waals surface area contributed by atoms with Gasteiger partial charge in [-0.3, -0.25) is 0 Å². The van der Waals surface area contributed by atoms with E-state index in [2.05, 4.69) is 4.98 Å². The molecule has 0 bridgehead atoms. The molecular weight excluding hydrogens is 198 g/mol. The molecule has 0 unspecified atom stereocenters. The summed E-state index contributed by atoms with van der Waals surface area (Å²) in [5.74, 6) is -0.154. The highest BCUT2D eigenvalue weighted by Gasteiger charge is 2.14. The van der Waals surface area contributed by atoms with E-state index >= 15 is 0 Å². The normalized spacial score (nSPS) is 11.4. The van der Waals surface area contributed by atoms with Crippen LogP contribution in [0.1, 0.15) is 0 Å². The zero-order chi connectivity index (χ0) is 9.35. The molecule has 7 heteroatoms. The monoisotopic (exact) mass is 202 g/mol. The Balaban J connectivity index is 3.43. The average molecular weight is 202 g/mol. The van der Waals surface area contributed by atoms with Gasteiger partial charge in [-0.15, -0.1) is 0 Å². The Hall–Kier alpha value is -0.745. The SMILES string of the molecule is [B]c1cnc(N)c(S(=O)(=O)Cl)c1. The third kappa shape index (κ3) is 1.89. The molecule has 0 atom stereocenters. The maximum atomic E-state index is 10.8. The van der Waals surface area contributed by atoms with Crippen molar-refractivity contribution in [1.29, 1.82) is 0 Å². The number of hydrogen-bond acceptors (Lipinski definition) is 4. The van der Waals surface area contributed by atoms with Gasteiger partial charge in [0.1, 0.15) is 18.6 Å². The summed E-state index contributed by atoms with van der Waals surface area (Å²) in [5, 5.41) is 0. The predicted octanol–water partition coefficient (Wildman–Crippen LogP) is -0.615. The second-order valence-corrected chi connectivity index (χ2v) is 4.62. The van der Waals surface area contributed by atoms with Crippen molar-refractivity contribution in [3.8, 4) is 0 Å². The first-order valence-corrected chi connectivity index (χ1v) is 5.18. The Morgan fingerprint density at radius 1 is 1.58 bits per heavy atom. The average Bonchev–Trinajstić information content (AvgIpc) is 1.92. The fourth-order valence-corrected chi connectivity index (χ4v) is 1.62. The van der Waals surface area contributed by atoms with Crippen molar-refractivity contribution in [2.24, 2.45) is 0 Å². The molecule has 62 valence electrons. The third-order valence-electron chi connectivity index (χ3n) is 1.17. The molecule has 1 heterocycles. The molecule has 0 aromatic carbocycles. The van der Waals surface area contributed by atoms with Gasteiger partial charge in [-0.05, 0) is 6.07 Å². The van der Waals surface area contributed by atoms with Crippen LogP contribution in [0.15, 0.2) is 17.2 Å². The summed E-state index contributed by atoms with van der Waals surface area (Å²) in [4.78, 5) is 3.27. The molecule has 1 rings (SSSR count). The van der Waals surface area contributed by atoms with Crippen molar-refractivity contribution < 1.29 is 8.42 Å². The van der Waals surface area contributed by atoms with Crippen LogP contribution in [0.25, 0.3) is 0 Å². The molecule has 12 heavy (non-hydrogen) atoms. The number of pyridine rings is 1. The third-order valence-corrected chi connectivity index (χ3v) is 2.52. The molecule has 0 spiro atoms. The zero-order valence-electron chi connectivity index (χ0n) is 5.86. The van der Waals surface area contributed by atoms with Crippen molar-refractivity contribution >= 4 is 38.9 Å². The van der Waals surface area contributed by atoms with E-state index in [9.17, 15) is 8.42 Å². The molecule has 0 aliphatic rings. The van der Waals surface area contributed by atoms with E-state index in [1.165, 1.54) is 6.20 Å². The van der Waals surface area contributed by atoms with Gasteiger partial charge in [0.2, 0.25) is 0 Å². The number of anilines is 1. The Kier molecular flexibility index (Phi) is 2.30. The number of nitrogen functional groups attached to an aromatic ring is 1. The van der Waals surface area contributed by atoms with Crippen LogP contribution in [0.2, 0.25) is 0 Å². The molecule has 1 aromatic heterocycles. The van der Waals surface area contributed by atoms with Gasteiger partial charge in [0.25, 0.3) is 9.05 Å². The number of nitrogens with zero attached hydrogens (tertiary/aromatic N) is 1. The summed E-state index contributed by atoms with van der Waals surface area (Å²) in [6.07, 6.45) is 1.25. The lowest BCUT2D eigenvalue weighted by molar-refractivity contribution is 0.609. The van der Waals surface area contributed by atoms with E-state index in [1.807, 2.05) is 0 Å². The van der Waals surface area contributed by atoms with Crippen LogP contribution < -0.4 is 11.2 Å². The van der Waals surface area contributed by atoms with Gasteiger partial charge < -0.3 is 5.73 Å². The first-order valence-electron chi connectivity index (χ1n) is 2.87. The van der Waals surface area contributed by atoms with Gasteiger partial charge in [0.05, 0.1) is 0 Å². The number of halogens is 1. The largest absolute Gasteiger partial charge is 0.383 e. The van der Waals surface area contributed by atoms with Crippen LogP contribution in [0.4, 0.5) is 5.82 Å². The van der Waals surface area contributed by atoms with Crippen LogP contribution in [-0.4, -0.2) is 21.2 Å². The predicted molar refractivity (Wildman–Crippen MR) is 47.1 cm³/mol. The van der Waals surface area contributed by atoms with Gasteiger partial charge in [-0.25, -0.2) is 13.4 Å². The van der Waals surface area contributed by atoms with Crippen LogP contribution in [0.3, 0.4) is 0 Å². The summed E-state index contributed by atoms with van der Waals surface area (Å²) < 4.78 is 21.6. The minimum absolute atomic E-state index is 0.154. The molecule has 0 saturated heterocycles. The Morgan fingerprint density at radius 3 is 2.58 bits per heavy atom. The fourth-order valence-electron chi connectivity index (χ4n) is 0.666. The molecule has 0 amide bonds. The van der Waals surface area contributed by atoms with Crippen LogP contribution in [0.5, 0.6) is 0 Å². The van der Waals surface area contributed by atoms with Crippen LogP contribution in [-0.2, 0) is 9.05 Å². The topological polar surface area (TPSA) is 73.0 Å². The molecule has 0 aliphatic heterocycles. The van der Waals surface area contributed by atoms with Crippen molar-refractivity contribution in [3.05, 3.63) is 12.3 Å². The highest BCUT2D eigenvalue weighted by Crippen LogP contribution is 2.17. The van der Waals surface area contributed by atoms with Crippen LogP contribution in [0, 0.1) is 0 Å². The second kappa shape index (κ2) is 2.95. The van der Waals surface area contributed by atoms with Crippen molar-refractivity contribution in [2.45, 2.75) is 4.90 Å². The zero-order valence-corrected chi connectivity index (χ0v) is 7.43. The van der Waals surface area contributed by atoms with E-state index in [1.54, 1.807) is 0 Å². The van der Waals surface area contributed by atoms with Crippen molar-refractivity contribution in [1.82, 2.24) is 4.98 Å². The van der Waals surface area contributed by atoms with E-state index in [-0.39, 0.29) is 16.2 Å². The van der Waals surface area contributed by atoms with E-state index in [0.717, 1.165) is 6.07 Å². The maximum Gasteiger partial charge on any atom is 0.264 e. The highest BCUT2D eigenvalue weighted by molar-refractivity contribution is 8.13. The van der Waals surface area contributed by atoms with Crippen LogP contribution >= 0.6 is 10.7 Å². The minimum Gasteiger partial charge on any atom is -0.383 e. The lowest BCUT2D eigenvalue weighted by atomic mass is 9.99. The summed E-state index contributed by atoms with van der Waals surface area (Å²) >= 11 is 0. The van der Waals surface area contributed by atoms with E-state index < -0.39 is 9.05 Å². The number of aromatic nitrogens is 1. The fraction of sp³-hybridized carbons (Fsp3) is 0. The lowest BCUT2D eigenvalue weighted by Gasteiger charge is -2.00. The standard InChI is InChI=1S/C5H4BClN2O2S/c6-3-1-4(12(7,10)11)5(8)9-2-3/h1-2H,(H2,8,9). The van der Waals surface area contributed by atoms with Gasteiger partial charge >= 0.3 is 0 Å². The van der Waals surface area contributed by atoms with Gasteiger partial charge in [-0.1, -0.05) is 5.46 Å². The molecule has 4 nitrogen and oxygen atoms in total. The molecule has 2 N–H and O–H groups in total. The smallest absolute Gasteiger partial charge is 0.264 e. The Bertz CT molecular complexity index is 406. The molecule has 0 fully saturated rings. The van der Waals surface area contributed by atoms with E-state index in [4.69, 9.17) is 24.3 Å². The molecule has 1 aromatic rings. The number of hydrogen-bond donors (Lipinski definition) is 1. The molecular formula is C5H4BClN2O2S. The Labute approximate surface area is 75.6 Å². The minimum atomic E-state index is -3.85. The molecule has 0 aliphatic carbocycles. The molecule has 2 radical (unpaired) electrons. The van der Waals surface area contributed by atoms with Crippen molar-refractivity contribution in [2.75, 3.05) is 5.73 Å². The Morgan fingerprint density at radius 2 is 2.17 bits per heavy atom. The first kappa shape index (κ1) is 9.34.